The molecule has 0 fully saturated rings. The van der Waals surface area contributed by atoms with Crippen LogP contribution < -0.4 is 0 Å². The maximum atomic E-state index is 12.9. The van der Waals surface area contributed by atoms with Crippen LogP contribution in [0.3, 0.4) is 0 Å². The van der Waals surface area contributed by atoms with E-state index in [0.717, 1.165) is 28.3 Å². The van der Waals surface area contributed by atoms with Crippen LogP contribution in [0, 0.1) is 0 Å². The molecule has 7 aromatic carbocycles. The van der Waals surface area contributed by atoms with Crippen LogP contribution >= 0.6 is 0 Å². The van der Waals surface area contributed by atoms with Crippen LogP contribution in [0.2, 0.25) is 0 Å². The molecule has 0 amide bonds. The third kappa shape index (κ3) is 7.30. The minimum Gasteiger partial charge on any atom is -0.507 e. The van der Waals surface area contributed by atoms with Crippen molar-refractivity contribution in [3.8, 4) is 78.6 Å². The van der Waals surface area contributed by atoms with Crippen molar-refractivity contribution < 1.29 is 29.8 Å². The molecule has 0 saturated heterocycles. The van der Waals surface area contributed by atoms with Gasteiger partial charge in [0.2, 0.25) is 0 Å². The van der Waals surface area contributed by atoms with E-state index in [9.17, 15) is 5.11 Å². The second-order valence-electron chi connectivity index (χ2n) is 14.7. The number of aromatic hydroxyl groups is 1. The van der Waals surface area contributed by atoms with Crippen LogP contribution in [-0.4, -0.2) is 19.6 Å². The minimum atomic E-state index is -4.13. The first-order chi connectivity index (χ1) is 36.4. The van der Waals surface area contributed by atoms with Gasteiger partial charge in [0, 0.05) is 53.1 Å². The molecule has 9 rings (SSSR count). The van der Waals surface area contributed by atoms with Crippen LogP contribution in [0.4, 0.5) is 0 Å². The smallest absolute Gasteiger partial charge is 0.149 e. The lowest BCUT2D eigenvalue weighted by atomic mass is 9.79. The fraction of sp³-hybridized carbons (Fsp3) is 0.143. The first-order valence-electron chi connectivity index (χ1n) is 28.2. The zero-order valence-electron chi connectivity index (χ0n) is 50.1. The summed E-state index contributed by atoms with van der Waals surface area (Å²) in [6.07, 6.45) is 1.71. The van der Waals surface area contributed by atoms with E-state index < -0.39 is 80.2 Å². The number of para-hydroxylation sites is 2. The summed E-state index contributed by atoms with van der Waals surface area (Å²) < 4.78 is 159. The van der Waals surface area contributed by atoms with Gasteiger partial charge in [-0.2, -0.15) is 0 Å². The van der Waals surface area contributed by atoms with E-state index in [4.69, 9.17) is 34.6 Å². The number of phenolic OH excluding ortho intramolecular Hbond substituents is 1. The number of phenols is 1. The summed E-state index contributed by atoms with van der Waals surface area (Å²) in [6, 6.07) is 51.0. The van der Waals surface area contributed by atoms with E-state index in [0.29, 0.717) is 45.3 Å². The Morgan fingerprint density at radius 2 is 1.08 bits per heavy atom. The quantitative estimate of drug-likeness (QED) is 0.175. The summed E-state index contributed by atoms with van der Waals surface area (Å²) in [5.41, 5.74) is -3.87. The monoisotopic (exact) mass is 798 g/mol. The average Bonchev–Trinajstić information content (AvgIpc) is 2.50. The lowest BCUT2D eigenvalue weighted by molar-refractivity contribution is 0.446. The van der Waals surface area contributed by atoms with Crippen LogP contribution in [-0.2, 0) is 10.8 Å². The summed E-state index contributed by atoms with van der Waals surface area (Å²) in [5.74, 6) is -1.77. The molecule has 2 aromatic heterocycles. The van der Waals surface area contributed by atoms with Gasteiger partial charge in [0.15, 0.2) is 0 Å². The van der Waals surface area contributed by atoms with Gasteiger partial charge in [0.25, 0.3) is 0 Å². The number of hydrogen-bond acceptors (Lipinski definition) is 3. The van der Waals surface area contributed by atoms with Crippen LogP contribution in [0.15, 0.2) is 182 Å². The minimum absolute atomic E-state index is 0.173. The van der Waals surface area contributed by atoms with E-state index in [1.807, 2.05) is 103 Å². The molecular formula is C56H49N3O. The highest BCUT2D eigenvalue weighted by atomic mass is 16.3. The van der Waals surface area contributed by atoms with Crippen molar-refractivity contribution in [2.24, 2.45) is 0 Å². The number of fused-ring (bicyclic) bond motifs is 1. The largest absolute Gasteiger partial charge is 0.507 e. The number of pyridine rings is 1. The Labute approximate surface area is 378 Å². The van der Waals surface area contributed by atoms with Crippen LogP contribution in [0.1, 0.15) is 76.9 Å². The molecule has 0 atom stereocenters. The van der Waals surface area contributed by atoms with Crippen molar-refractivity contribution >= 4 is 11.0 Å². The number of benzene rings is 7. The molecule has 294 valence electrons. The molecule has 9 aromatic rings. The third-order valence-corrected chi connectivity index (χ3v) is 10.6. The topological polar surface area (TPSA) is 50.9 Å². The Hall–Kier alpha value is -7.04. The van der Waals surface area contributed by atoms with Crippen molar-refractivity contribution in [2.75, 3.05) is 0 Å². The zero-order chi connectivity index (χ0) is 56.6. The molecule has 0 unspecified atom stereocenters. The van der Waals surface area contributed by atoms with Gasteiger partial charge >= 0.3 is 0 Å². The zero-order valence-corrected chi connectivity index (χ0v) is 32.1. The van der Waals surface area contributed by atoms with E-state index in [1.165, 1.54) is 4.57 Å². The molecule has 4 heteroatoms. The highest BCUT2D eigenvalue weighted by Crippen LogP contribution is 2.45. The molecule has 0 saturated carbocycles. The van der Waals surface area contributed by atoms with Gasteiger partial charge in [0.1, 0.15) is 11.6 Å². The molecule has 0 bridgehead atoms. The Morgan fingerprint density at radius 3 is 1.78 bits per heavy atom. The van der Waals surface area contributed by atoms with E-state index >= 15 is 0 Å². The Kier molecular flexibility index (Phi) is 5.84. The van der Waals surface area contributed by atoms with Crippen molar-refractivity contribution in [3.05, 3.63) is 193 Å². The van der Waals surface area contributed by atoms with E-state index in [2.05, 4.69) is 0 Å². The second-order valence-corrected chi connectivity index (χ2v) is 14.7. The SMILES string of the molecule is [2H]C([2H])([2H])C(c1cc(-c2nc3c(-c4cc(-c5ccccc5)cc(-c5cc(-c6ccccc6)ccn5)c4)cccc3n2-c2ccccc2-c2ccccc2)c(O)c(C(C([2H])([2H])[2H])(C([2H])([2H])[2H])C([2H])([2H])[2H])c1)(C([2H])([2H])[2H])C([2H])([2H])[2H]. The van der Waals surface area contributed by atoms with Gasteiger partial charge in [-0.05, 0) is 98.3 Å². The summed E-state index contributed by atoms with van der Waals surface area (Å²) in [4.78, 5) is 9.94. The second kappa shape index (κ2) is 15.3. The molecule has 1 N–H and O–H groups in total. The summed E-state index contributed by atoms with van der Waals surface area (Å²) in [7, 11) is 0. The number of imidazole rings is 1. The van der Waals surface area contributed by atoms with Crippen molar-refractivity contribution in [1.29, 1.82) is 0 Å². The molecule has 0 aliphatic rings. The molecule has 0 aliphatic heterocycles. The highest BCUT2D eigenvalue weighted by molar-refractivity contribution is 5.98. The molecule has 4 nitrogen and oxygen atoms in total. The molecular weight excluding hydrogens is 731 g/mol. The van der Waals surface area contributed by atoms with Crippen molar-refractivity contribution in [2.45, 2.75) is 51.9 Å². The Morgan fingerprint density at radius 1 is 0.483 bits per heavy atom. The first kappa shape index (κ1) is 22.9. The number of rotatable bonds is 7. The summed E-state index contributed by atoms with van der Waals surface area (Å²) in [6.45, 7) is -24.5. The predicted octanol–water partition coefficient (Wildman–Crippen LogP) is 14.7. The average molecular weight is 798 g/mol. The summed E-state index contributed by atoms with van der Waals surface area (Å²) in [5, 5.41) is 12.9. The van der Waals surface area contributed by atoms with Gasteiger partial charge in [-0.15, -0.1) is 0 Å². The number of nitrogens with zero attached hydrogens (tertiary/aromatic N) is 3. The standard InChI is InChI=1S/C56H49N3O/c1-55(2,3)44-35-47(53(60)48(36-44)56(4,5)6)54-58-52-46(26-18-28-51(52)59(54)50-27-17-16-25-45(50)39-23-14-9-15-24-39)42-31-41(38-21-12-8-13-22-38)32-43(33-42)49-34-40(29-30-57-49)37-19-10-7-11-20-37/h7-36,60H,1-6H3/i1D3,2D3,3D3,4D3,5D3,6D3. The lowest BCUT2D eigenvalue weighted by Crippen LogP contribution is -2.17. The maximum absolute atomic E-state index is 12.9. The molecule has 2 heterocycles. The molecule has 0 spiro atoms. The van der Waals surface area contributed by atoms with Gasteiger partial charge in [-0.3, -0.25) is 9.55 Å². The maximum Gasteiger partial charge on any atom is 0.149 e. The predicted molar refractivity (Wildman–Crippen MR) is 251 cm³/mol. The van der Waals surface area contributed by atoms with E-state index in [1.54, 1.807) is 66.9 Å². The number of aromatic nitrogens is 3. The Balaban J connectivity index is 1.47. The highest BCUT2D eigenvalue weighted by Gasteiger charge is 2.29. The van der Waals surface area contributed by atoms with E-state index in [-0.39, 0.29) is 11.0 Å². The van der Waals surface area contributed by atoms with Gasteiger partial charge in [0.05, 0.1) is 28.0 Å². The molecule has 60 heavy (non-hydrogen) atoms. The van der Waals surface area contributed by atoms with Gasteiger partial charge in [-0.25, -0.2) is 4.98 Å². The summed E-state index contributed by atoms with van der Waals surface area (Å²) >= 11 is 0. The van der Waals surface area contributed by atoms with Gasteiger partial charge < -0.3 is 5.11 Å². The van der Waals surface area contributed by atoms with Crippen molar-refractivity contribution in [3.63, 3.8) is 0 Å². The fourth-order valence-corrected chi connectivity index (χ4v) is 7.72. The van der Waals surface area contributed by atoms with Gasteiger partial charge in [-0.1, -0.05) is 169 Å². The molecule has 0 aliphatic carbocycles. The fourth-order valence-electron chi connectivity index (χ4n) is 7.72. The van der Waals surface area contributed by atoms with Crippen LogP contribution in [0.5, 0.6) is 5.75 Å². The van der Waals surface area contributed by atoms with Crippen LogP contribution in [0.25, 0.3) is 83.9 Å². The normalized spacial score (nSPS) is 17.6. The van der Waals surface area contributed by atoms with Crippen molar-refractivity contribution in [1.82, 2.24) is 14.5 Å². The first-order valence-corrected chi connectivity index (χ1v) is 19.2. The molecule has 0 radical (unpaired) electrons. The third-order valence-electron chi connectivity index (χ3n) is 10.6. The Bertz CT molecular complexity index is 3600. The lowest BCUT2D eigenvalue weighted by Gasteiger charge is -2.27. The number of hydrogen-bond donors (Lipinski definition) is 1.